The molecule has 0 fully saturated rings. The van der Waals surface area contributed by atoms with Gasteiger partial charge in [-0.3, -0.25) is 4.79 Å². The van der Waals surface area contributed by atoms with Crippen LogP contribution in [0.25, 0.3) is 0 Å². The molecule has 170 valence electrons. The van der Waals surface area contributed by atoms with Crippen LogP contribution in [0.5, 0.6) is 0 Å². The SMILES string of the molecule is O=C(NCc1ccc2c(c1)CCN2C(=O)c1cc(I)c(I)c(I)c1)Nc1ccc(F)cc1F. The molecule has 33 heavy (non-hydrogen) atoms. The van der Waals surface area contributed by atoms with Crippen LogP contribution in [0.3, 0.4) is 0 Å². The van der Waals surface area contributed by atoms with E-state index in [0.29, 0.717) is 18.2 Å². The molecule has 3 aromatic rings. The lowest BCUT2D eigenvalue weighted by Gasteiger charge is -2.18. The Bertz CT molecular complexity index is 1250. The van der Waals surface area contributed by atoms with Crippen molar-refractivity contribution in [3.05, 3.63) is 87.6 Å². The van der Waals surface area contributed by atoms with Crippen molar-refractivity contribution in [1.29, 1.82) is 0 Å². The summed E-state index contributed by atoms with van der Waals surface area (Å²) in [5.74, 6) is -1.59. The lowest BCUT2D eigenvalue weighted by molar-refractivity contribution is 0.0989. The summed E-state index contributed by atoms with van der Waals surface area (Å²) >= 11 is 6.76. The average Bonchev–Trinajstić information content (AvgIpc) is 3.20. The molecule has 2 N–H and O–H groups in total. The summed E-state index contributed by atoms with van der Waals surface area (Å²) in [7, 11) is 0. The smallest absolute Gasteiger partial charge is 0.319 e. The second-order valence-corrected chi connectivity index (χ2v) is 10.8. The highest BCUT2D eigenvalue weighted by Gasteiger charge is 2.26. The van der Waals surface area contributed by atoms with Crippen molar-refractivity contribution in [3.8, 4) is 0 Å². The van der Waals surface area contributed by atoms with E-state index in [1.807, 2.05) is 30.3 Å². The molecule has 0 bridgehead atoms. The molecule has 0 radical (unpaired) electrons. The molecule has 10 heteroatoms. The number of amides is 3. The predicted molar refractivity (Wildman–Crippen MR) is 149 cm³/mol. The Labute approximate surface area is 230 Å². The normalized spacial score (nSPS) is 12.5. The Morgan fingerprint density at radius 3 is 2.39 bits per heavy atom. The average molecular weight is 785 g/mol. The minimum Gasteiger partial charge on any atom is -0.334 e. The van der Waals surface area contributed by atoms with Crippen molar-refractivity contribution in [2.45, 2.75) is 13.0 Å². The van der Waals surface area contributed by atoms with E-state index in [9.17, 15) is 18.4 Å². The topological polar surface area (TPSA) is 61.4 Å². The molecular weight excluding hydrogens is 769 g/mol. The van der Waals surface area contributed by atoms with Crippen LogP contribution >= 0.6 is 67.8 Å². The number of fused-ring (bicyclic) bond motifs is 1. The van der Waals surface area contributed by atoms with Crippen molar-refractivity contribution in [1.82, 2.24) is 5.32 Å². The van der Waals surface area contributed by atoms with E-state index in [-0.39, 0.29) is 18.1 Å². The van der Waals surface area contributed by atoms with Crippen molar-refractivity contribution in [3.63, 3.8) is 0 Å². The molecule has 1 aliphatic rings. The first-order valence-corrected chi connectivity index (χ1v) is 13.0. The minimum atomic E-state index is -0.843. The summed E-state index contributed by atoms with van der Waals surface area (Å²) in [5.41, 5.74) is 3.31. The van der Waals surface area contributed by atoms with Crippen LogP contribution in [0.1, 0.15) is 21.5 Å². The Morgan fingerprint density at radius 2 is 1.70 bits per heavy atom. The van der Waals surface area contributed by atoms with Crippen LogP contribution in [0.2, 0.25) is 0 Å². The number of halogens is 5. The zero-order chi connectivity index (χ0) is 23.7. The zero-order valence-corrected chi connectivity index (χ0v) is 23.4. The third kappa shape index (κ3) is 5.58. The molecule has 1 heterocycles. The van der Waals surface area contributed by atoms with E-state index >= 15 is 0 Å². The molecule has 0 saturated carbocycles. The molecule has 0 unspecified atom stereocenters. The van der Waals surface area contributed by atoms with Gasteiger partial charge in [0.25, 0.3) is 5.91 Å². The summed E-state index contributed by atoms with van der Waals surface area (Å²) in [6.45, 7) is 0.817. The zero-order valence-electron chi connectivity index (χ0n) is 16.9. The number of hydrogen-bond acceptors (Lipinski definition) is 2. The van der Waals surface area contributed by atoms with Gasteiger partial charge in [0.1, 0.15) is 11.6 Å². The number of anilines is 2. The fourth-order valence-corrected chi connectivity index (χ4v) is 5.63. The largest absolute Gasteiger partial charge is 0.334 e. The first-order valence-electron chi connectivity index (χ1n) is 9.81. The van der Waals surface area contributed by atoms with Gasteiger partial charge in [-0.25, -0.2) is 13.6 Å². The Morgan fingerprint density at radius 1 is 0.970 bits per heavy atom. The van der Waals surface area contributed by atoms with E-state index in [0.717, 1.165) is 40.0 Å². The molecular formula is C23H16F2I3N3O2. The van der Waals surface area contributed by atoms with E-state index in [1.165, 1.54) is 6.07 Å². The highest BCUT2D eigenvalue weighted by atomic mass is 127. The van der Waals surface area contributed by atoms with Gasteiger partial charge < -0.3 is 15.5 Å². The monoisotopic (exact) mass is 785 g/mol. The van der Waals surface area contributed by atoms with Crippen LogP contribution in [-0.2, 0) is 13.0 Å². The fourth-order valence-electron chi connectivity index (χ4n) is 3.55. The van der Waals surface area contributed by atoms with Crippen molar-refractivity contribution in [2.75, 3.05) is 16.8 Å². The van der Waals surface area contributed by atoms with Crippen molar-refractivity contribution < 1.29 is 18.4 Å². The molecule has 3 amide bonds. The van der Waals surface area contributed by atoms with E-state index < -0.39 is 17.7 Å². The van der Waals surface area contributed by atoms with Gasteiger partial charge >= 0.3 is 6.03 Å². The van der Waals surface area contributed by atoms with Gasteiger partial charge in [-0.05, 0) is 116 Å². The summed E-state index contributed by atoms with van der Waals surface area (Å²) in [4.78, 5) is 27.0. The lowest BCUT2D eigenvalue weighted by atomic mass is 10.1. The second-order valence-electron chi connectivity index (χ2n) is 7.36. The summed E-state index contributed by atoms with van der Waals surface area (Å²) in [6.07, 6.45) is 0.723. The van der Waals surface area contributed by atoms with Gasteiger partial charge in [-0.15, -0.1) is 0 Å². The highest BCUT2D eigenvalue weighted by Crippen LogP contribution is 2.31. The van der Waals surface area contributed by atoms with Crippen LogP contribution < -0.4 is 15.5 Å². The van der Waals surface area contributed by atoms with Crippen molar-refractivity contribution >= 4 is 91.1 Å². The molecule has 3 aromatic carbocycles. The standard InChI is InChI=1S/C23H16F2I3N3O2/c24-15-2-3-19(16(25)10-15)30-23(33)29-11-12-1-4-20-13(7-12)5-6-31(20)22(32)14-8-17(26)21(28)18(27)9-14/h1-4,7-10H,5-6,11H2,(H2,29,30,33). The molecule has 0 saturated heterocycles. The van der Waals surface area contributed by atoms with E-state index in [2.05, 4.69) is 78.4 Å². The molecule has 0 aliphatic carbocycles. The number of hydrogen-bond donors (Lipinski definition) is 2. The van der Waals surface area contributed by atoms with Crippen LogP contribution in [-0.4, -0.2) is 18.5 Å². The summed E-state index contributed by atoms with van der Waals surface area (Å²) in [6, 6.07) is 11.9. The third-order valence-electron chi connectivity index (χ3n) is 5.15. The van der Waals surface area contributed by atoms with E-state index in [4.69, 9.17) is 0 Å². The number of carbonyl (C=O) groups is 2. The van der Waals surface area contributed by atoms with Crippen molar-refractivity contribution in [2.24, 2.45) is 0 Å². The summed E-state index contributed by atoms with van der Waals surface area (Å²) < 4.78 is 29.9. The molecule has 0 aromatic heterocycles. The number of rotatable bonds is 4. The second kappa shape index (κ2) is 10.4. The molecule has 5 nitrogen and oxygen atoms in total. The number of nitrogens with zero attached hydrogens (tertiary/aromatic N) is 1. The quantitative estimate of drug-likeness (QED) is 0.241. The maximum atomic E-state index is 13.7. The van der Waals surface area contributed by atoms with Crippen LogP contribution in [0, 0.1) is 22.3 Å². The number of nitrogens with one attached hydrogen (secondary N) is 2. The predicted octanol–water partition coefficient (Wildman–Crippen LogP) is 6.30. The molecule has 1 aliphatic heterocycles. The van der Waals surface area contributed by atoms with Crippen LogP contribution in [0.15, 0.2) is 48.5 Å². The molecule has 0 spiro atoms. The first-order chi connectivity index (χ1) is 15.7. The Kier molecular flexibility index (Phi) is 7.73. The lowest BCUT2D eigenvalue weighted by Crippen LogP contribution is -2.29. The maximum absolute atomic E-state index is 13.7. The van der Waals surface area contributed by atoms with E-state index in [1.54, 1.807) is 4.90 Å². The highest BCUT2D eigenvalue weighted by molar-refractivity contribution is 14.1. The first kappa shape index (κ1) is 24.6. The number of carbonyl (C=O) groups excluding carboxylic acids is 2. The van der Waals surface area contributed by atoms with Gasteiger partial charge in [-0.2, -0.15) is 0 Å². The summed E-state index contributed by atoms with van der Waals surface area (Å²) in [5, 5.41) is 5.03. The Hall–Kier alpha value is -1.55. The van der Waals surface area contributed by atoms with Gasteiger partial charge in [0.15, 0.2) is 0 Å². The third-order valence-corrected chi connectivity index (χ3v) is 10.1. The van der Waals surface area contributed by atoms with Gasteiger partial charge in [0.05, 0.1) is 5.69 Å². The number of benzene rings is 3. The maximum Gasteiger partial charge on any atom is 0.319 e. The van der Waals surface area contributed by atoms with Crippen LogP contribution in [0.4, 0.5) is 25.0 Å². The minimum absolute atomic E-state index is 0.0347. The van der Waals surface area contributed by atoms with Gasteiger partial charge in [0.2, 0.25) is 0 Å². The van der Waals surface area contributed by atoms with Gasteiger partial charge in [0, 0.05) is 41.1 Å². The molecule has 4 rings (SSSR count). The Balaban J connectivity index is 1.42. The molecule has 0 atom stereocenters. The number of urea groups is 1. The van der Waals surface area contributed by atoms with Gasteiger partial charge in [-0.1, -0.05) is 12.1 Å². The fraction of sp³-hybridized carbons (Fsp3) is 0.130.